The van der Waals surface area contributed by atoms with Crippen LogP contribution in [0.1, 0.15) is 44.9 Å². The van der Waals surface area contributed by atoms with Gasteiger partial charge in [-0.1, -0.05) is 32.0 Å². The smallest absolute Gasteiger partial charge is 0.328 e. The fourth-order valence-corrected chi connectivity index (χ4v) is 5.48. The molecular weight excluding hydrogens is 380 g/mol. The third-order valence-corrected chi connectivity index (χ3v) is 7.08. The predicted octanol–water partition coefficient (Wildman–Crippen LogP) is 2.85. The molecule has 0 aliphatic carbocycles. The number of nitrogens with one attached hydrogen (secondary N) is 1. The Morgan fingerprint density at radius 2 is 1.80 bits per heavy atom. The molecule has 0 radical (unpaired) electrons. The van der Waals surface area contributed by atoms with Crippen molar-refractivity contribution in [3.63, 3.8) is 0 Å². The van der Waals surface area contributed by atoms with Gasteiger partial charge in [-0.15, -0.1) is 0 Å². The monoisotopic (exact) mass is 408 g/mol. The average Bonchev–Trinajstić information content (AvgIpc) is 3.42. The van der Waals surface area contributed by atoms with Gasteiger partial charge in [0, 0.05) is 30.5 Å². The summed E-state index contributed by atoms with van der Waals surface area (Å²) in [5.41, 5.74) is 1.74. The molecule has 4 heterocycles. The summed E-state index contributed by atoms with van der Waals surface area (Å²) in [6, 6.07) is 6.88. The van der Waals surface area contributed by atoms with Crippen LogP contribution < -0.4 is 0 Å². The molecule has 5 rings (SSSR count). The summed E-state index contributed by atoms with van der Waals surface area (Å²) >= 11 is 0. The normalized spacial score (nSPS) is 24.7. The van der Waals surface area contributed by atoms with Crippen molar-refractivity contribution in [2.45, 2.75) is 51.6 Å². The second-order valence-electron chi connectivity index (χ2n) is 9.18. The first-order valence-electron chi connectivity index (χ1n) is 10.9. The van der Waals surface area contributed by atoms with Crippen molar-refractivity contribution in [2.75, 3.05) is 19.6 Å². The lowest BCUT2D eigenvalue weighted by molar-refractivity contribution is -0.145. The highest BCUT2D eigenvalue weighted by Gasteiger charge is 2.61. The summed E-state index contributed by atoms with van der Waals surface area (Å²) < 4.78 is 0. The number of aromatic amines is 1. The molecule has 0 saturated carbocycles. The summed E-state index contributed by atoms with van der Waals surface area (Å²) in [5.74, 6) is -0.561. The SMILES string of the molecule is CC(C)[C@H](C(=O)N1CCCC1)N1C(=O)N2CCc3c([nH]c4ccccc34)[C@@]2(C)C1=O. The van der Waals surface area contributed by atoms with Crippen LogP contribution in [0.2, 0.25) is 0 Å². The minimum Gasteiger partial charge on any atom is -0.356 e. The van der Waals surface area contributed by atoms with Crippen molar-refractivity contribution in [3.05, 3.63) is 35.5 Å². The van der Waals surface area contributed by atoms with Crippen molar-refractivity contribution in [1.82, 2.24) is 19.7 Å². The molecule has 0 spiro atoms. The Balaban J connectivity index is 1.59. The summed E-state index contributed by atoms with van der Waals surface area (Å²) in [7, 11) is 0. The van der Waals surface area contributed by atoms with Gasteiger partial charge < -0.3 is 14.8 Å². The molecule has 7 heteroatoms. The van der Waals surface area contributed by atoms with Gasteiger partial charge in [-0.2, -0.15) is 0 Å². The predicted molar refractivity (Wildman–Crippen MR) is 113 cm³/mol. The van der Waals surface area contributed by atoms with Crippen molar-refractivity contribution in [2.24, 2.45) is 5.92 Å². The highest BCUT2D eigenvalue weighted by Crippen LogP contribution is 2.45. The number of aromatic nitrogens is 1. The number of carbonyl (C=O) groups is 3. The number of para-hydroxylation sites is 1. The summed E-state index contributed by atoms with van der Waals surface area (Å²) in [6.07, 6.45) is 2.63. The molecule has 2 fully saturated rings. The topological polar surface area (TPSA) is 76.7 Å². The number of carbonyl (C=O) groups excluding carboxylic acids is 3. The van der Waals surface area contributed by atoms with E-state index in [1.165, 1.54) is 4.90 Å². The van der Waals surface area contributed by atoms with Gasteiger partial charge in [0.25, 0.3) is 5.91 Å². The van der Waals surface area contributed by atoms with Gasteiger partial charge in [0.1, 0.15) is 6.04 Å². The number of hydrogen-bond donors (Lipinski definition) is 1. The van der Waals surface area contributed by atoms with Crippen LogP contribution in [-0.4, -0.2) is 63.2 Å². The van der Waals surface area contributed by atoms with Crippen LogP contribution in [0.25, 0.3) is 10.9 Å². The third-order valence-electron chi connectivity index (χ3n) is 7.08. The van der Waals surface area contributed by atoms with Crippen LogP contribution in [0.15, 0.2) is 24.3 Å². The average molecular weight is 409 g/mol. The molecule has 0 bridgehead atoms. The zero-order valence-corrected chi connectivity index (χ0v) is 17.8. The molecule has 30 heavy (non-hydrogen) atoms. The number of likely N-dealkylation sites (tertiary alicyclic amines) is 1. The van der Waals surface area contributed by atoms with E-state index in [-0.39, 0.29) is 23.8 Å². The Kier molecular flexibility index (Phi) is 4.21. The molecule has 158 valence electrons. The van der Waals surface area contributed by atoms with E-state index in [2.05, 4.69) is 11.1 Å². The van der Waals surface area contributed by atoms with Crippen LogP contribution >= 0.6 is 0 Å². The van der Waals surface area contributed by atoms with Gasteiger partial charge in [-0.3, -0.25) is 9.59 Å². The minimum atomic E-state index is -1.11. The largest absolute Gasteiger partial charge is 0.356 e. The first-order chi connectivity index (χ1) is 14.4. The van der Waals surface area contributed by atoms with Crippen LogP contribution in [0.4, 0.5) is 4.79 Å². The van der Waals surface area contributed by atoms with E-state index >= 15 is 0 Å². The Labute approximate surface area is 176 Å². The Morgan fingerprint density at radius 3 is 2.50 bits per heavy atom. The first-order valence-corrected chi connectivity index (χ1v) is 10.9. The Hall–Kier alpha value is -2.83. The molecule has 1 aromatic heterocycles. The molecule has 2 aromatic rings. The third kappa shape index (κ3) is 2.41. The van der Waals surface area contributed by atoms with Gasteiger partial charge in [0.05, 0.1) is 5.69 Å². The molecule has 1 aromatic carbocycles. The maximum atomic E-state index is 13.8. The minimum absolute atomic E-state index is 0.107. The first kappa shape index (κ1) is 19.2. The molecule has 2 atom stereocenters. The maximum Gasteiger partial charge on any atom is 0.328 e. The van der Waals surface area contributed by atoms with Crippen LogP contribution in [0.5, 0.6) is 0 Å². The van der Waals surface area contributed by atoms with Gasteiger partial charge in [-0.25, -0.2) is 9.69 Å². The van der Waals surface area contributed by atoms with Crippen molar-refractivity contribution in [3.8, 4) is 0 Å². The molecule has 4 amide bonds. The van der Waals surface area contributed by atoms with E-state index in [1.54, 1.807) is 9.80 Å². The number of hydrogen-bond acceptors (Lipinski definition) is 3. The Morgan fingerprint density at radius 1 is 1.10 bits per heavy atom. The van der Waals surface area contributed by atoms with Crippen LogP contribution in [0.3, 0.4) is 0 Å². The molecule has 0 unspecified atom stereocenters. The van der Waals surface area contributed by atoms with E-state index in [1.807, 2.05) is 39.0 Å². The van der Waals surface area contributed by atoms with Gasteiger partial charge in [0.15, 0.2) is 5.54 Å². The van der Waals surface area contributed by atoms with E-state index in [9.17, 15) is 14.4 Å². The zero-order valence-electron chi connectivity index (χ0n) is 17.8. The van der Waals surface area contributed by atoms with Gasteiger partial charge >= 0.3 is 6.03 Å². The Bertz CT molecular complexity index is 1050. The molecule has 2 saturated heterocycles. The maximum absolute atomic E-state index is 13.8. The number of rotatable bonds is 3. The molecule has 3 aliphatic rings. The van der Waals surface area contributed by atoms with Crippen LogP contribution in [0, 0.1) is 5.92 Å². The second kappa shape index (κ2) is 6.59. The molecular formula is C23H28N4O3. The standard InChI is InChI=1S/C23H28N4O3/c1-14(2)18(20(28)25-11-6-7-12-25)27-21(29)23(3)19-16(10-13-26(23)22(27)30)15-8-4-5-9-17(15)24-19/h4-5,8-9,14,18,24H,6-7,10-13H2,1-3H3/t18-,23+/m1/s1. The number of nitrogens with zero attached hydrogens (tertiary/aromatic N) is 3. The number of H-pyrrole nitrogens is 1. The molecule has 3 aliphatic heterocycles. The summed E-state index contributed by atoms with van der Waals surface area (Å²) in [5, 5.41) is 1.10. The van der Waals surface area contributed by atoms with E-state index in [0.29, 0.717) is 26.1 Å². The lowest BCUT2D eigenvalue weighted by Gasteiger charge is -2.36. The van der Waals surface area contributed by atoms with Crippen molar-refractivity contribution >= 4 is 28.7 Å². The second-order valence-corrected chi connectivity index (χ2v) is 9.18. The molecule has 7 nitrogen and oxygen atoms in total. The van der Waals surface area contributed by atoms with Gasteiger partial charge in [0.2, 0.25) is 5.91 Å². The zero-order chi connectivity index (χ0) is 21.2. The summed E-state index contributed by atoms with van der Waals surface area (Å²) in [4.78, 5) is 48.8. The van der Waals surface area contributed by atoms with Crippen molar-refractivity contribution in [1.29, 1.82) is 0 Å². The number of benzene rings is 1. The summed E-state index contributed by atoms with van der Waals surface area (Å²) in [6.45, 7) is 7.50. The highest BCUT2D eigenvalue weighted by atomic mass is 16.2. The van der Waals surface area contributed by atoms with E-state index in [0.717, 1.165) is 35.0 Å². The number of fused-ring (bicyclic) bond motifs is 5. The highest BCUT2D eigenvalue weighted by molar-refractivity contribution is 6.11. The lowest BCUT2D eigenvalue weighted by Crippen LogP contribution is -2.53. The number of imide groups is 1. The fourth-order valence-electron chi connectivity index (χ4n) is 5.48. The quantitative estimate of drug-likeness (QED) is 0.794. The lowest BCUT2D eigenvalue weighted by atomic mass is 9.86. The molecule has 1 N–H and O–H groups in total. The van der Waals surface area contributed by atoms with E-state index in [4.69, 9.17) is 0 Å². The fraction of sp³-hybridized carbons (Fsp3) is 0.522. The van der Waals surface area contributed by atoms with E-state index < -0.39 is 11.6 Å². The number of amides is 4. The van der Waals surface area contributed by atoms with Crippen molar-refractivity contribution < 1.29 is 14.4 Å². The number of urea groups is 1. The van der Waals surface area contributed by atoms with Crippen LogP contribution in [-0.2, 0) is 21.5 Å². The van der Waals surface area contributed by atoms with Gasteiger partial charge in [-0.05, 0) is 43.7 Å².